The molecule has 0 radical (unpaired) electrons. The molecule has 0 saturated heterocycles. The molecule has 4 aromatic carbocycles. The molecule has 0 bridgehead atoms. The molecule has 8 rings (SSSR count). The zero-order chi connectivity index (χ0) is 35.1. The zero-order valence-corrected chi connectivity index (χ0v) is 28.1. The molecule has 1 aliphatic heterocycles. The maximum Gasteiger partial charge on any atom is 0.259 e. The summed E-state index contributed by atoms with van der Waals surface area (Å²) in [7, 11) is 3.28. The van der Waals surface area contributed by atoms with Gasteiger partial charge in [0.05, 0.1) is 18.2 Å². The molecule has 7 aromatic rings. The molecule has 51 heavy (non-hydrogen) atoms. The lowest BCUT2D eigenvalue weighted by Crippen LogP contribution is -2.33. The van der Waals surface area contributed by atoms with E-state index in [4.69, 9.17) is 9.47 Å². The maximum atomic E-state index is 16.2. The summed E-state index contributed by atoms with van der Waals surface area (Å²) in [5.74, 6) is 0.281. The second kappa shape index (κ2) is 13.1. The van der Waals surface area contributed by atoms with Crippen LogP contribution in [-0.2, 0) is 12.8 Å². The van der Waals surface area contributed by atoms with E-state index in [9.17, 15) is 9.59 Å². The van der Waals surface area contributed by atoms with E-state index in [0.29, 0.717) is 42.9 Å². The van der Waals surface area contributed by atoms with E-state index in [2.05, 4.69) is 15.3 Å². The first-order valence-corrected chi connectivity index (χ1v) is 16.7. The second-order valence-corrected chi connectivity index (χ2v) is 12.6. The molecule has 1 amide bonds. The fourth-order valence-corrected chi connectivity index (χ4v) is 6.69. The van der Waals surface area contributed by atoms with Gasteiger partial charge in [-0.3, -0.25) is 14.6 Å². The van der Waals surface area contributed by atoms with Crippen molar-refractivity contribution in [3.05, 3.63) is 142 Å². The van der Waals surface area contributed by atoms with E-state index >= 15 is 4.39 Å². The van der Waals surface area contributed by atoms with Crippen LogP contribution in [0.2, 0.25) is 0 Å². The number of hydrogen-bond acceptors (Lipinski definition) is 6. The van der Waals surface area contributed by atoms with Gasteiger partial charge in [-0.15, -0.1) is 0 Å². The smallest absolute Gasteiger partial charge is 0.259 e. The summed E-state index contributed by atoms with van der Waals surface area (Å²) >= 11 is 0. The minimum absolute atomic E-state index is 0.0523. The lowest BCUT2D eigenvalue weighted by Gasteiger charge is -2.27. The van der Waals surface area contributed by atoms with Gasteiger partial charge in [-0.2, -0.15) is 0 Å². The van der Waals surface area contributed by atoms with Crippen LogP contribution in [0.15, 0.2) is 114 Å². The molecule has 0 saturated carbocycles. The number of carbonyl (C=O) groups is 1. The summed E-state index contributed by atoms with van der Waals surface area (Å²) in [4.78, 5) is 37.1. The van der Waals surface area contributed by atoms with Gasteiger partial charge in [0.1, 0.15) is 22.5 Å². The summed E-state index contributed by atoms with van der Waals surface area (Å²) < 4.78 is 29.8. The Morgan fingerprint density at radius 3 is 2.63 bits per heavy atom. The fourth-order valence-electron chi connectivity index (χ4n) is 6.69. The number of nitrogens with zero attached hydrogens (tertiary/aromatic N) is 3. The number of aromatic amines is 1. The van der Waals surface area contributed by atoms with Gasteiger partial charge in [-0.1, -0.05) is 42.5 Å². The number of likely N-dealkylation sites (N-methyl/N-ethyl adjacent to an activating group) is 1. The molecule has 0 aliphatic carbocycles. The van der Waals surface area contributed by atoms with E-state index < -0.39 is 17.2 Å². The number of aromatic nitrogens is 3. The molecule has 0 unspecified atom stereocenters. The topological polar surface area (TPSA) is 101 Å². The van der Waals surface area contributed by atoms with Crippen molar-refractivity contribution in [2.45, 2.75) is 12.8 Å². The quantitative estimate of drug-likeness (QED) is 0.153. The first kappa shape index (κ1) is 31.8. The summed E-state index contributed by atoms with van der Waals surface area (Å²) in [5, 5.41) is 4.32. The normalized spacial score (nSPS) is 11.7. The Labute approximate surface area is 292 Å². The van der Waals surface area contributed by atoms with Crippen LogP contribution in [0.25, 0.3) is 38.6 Å². The molecule has 0 atom stereocenters. The Balaban J connectivity index is 1.20. The van der Waals surface area contributed by atoms with E-state index in [-0.39, 0.29) is 22.4 Å². The molecular weight excluding hydrogens is 645 g/mol. The van der Waals surface area contributed by atoms with E-state index in [1.807, 2.05) is 91.1 Å². The molecule has 254 valence electrons. The van der Waals surface area contributed by atoms with E-state index in [1.165, 1.54) is 11.0 Å². The average molecular weight is 680 g/mol. The third-order valence-corrected chi connectivity index (χ3v) is 9.41. The number of fused-ring (bicyclic) bond motifs is 3. The Morgan fingerprint density at radius 2 is 1.82 bits per heavy atom. The molecule has 0 spiro atoms. The fraction of sp³-hybridized carbons (Fsp3) is 0.146. The number of anilines is 1. The molecule has 2 N–H and O–H groups in total. The average Bonchev–Trinajstić information content (AvgIpc) is 3.58. The maximum absolute atomic E-state index is 16.2. The van der Waals surface area contributed by atoms with Crippen molar-refractivity contribution in [2.75, 3.05) is 32.6 Å². The Kier molecular flexibility index (Phi) is 8.19. The van der Waals surface area contributed by atoms with Gasteiger partial charge in [0.25, 0.3) is 5.91 Å². The highest BCUT2D eigenvalue weighted by molar-refractivity contribution is 6.01. The number of H-pyrrole nitrogens is 1. The lowest BCUT2D eigenvalue weighted by molar-refractivity contribution is 0.0794. The van der Waals surface area contributed by atoms with Crippen molar-refractivity contribution < 1.29 is 18.7 Å². The number of pyridine rings is 2. The van der Waals surface area contributed by atoms with Crippen LogP contribution in [-0.4, -0.2) is 52.6 Å². The van der Waals surface area contributed by atoms with Gasteiger partial charge in [0.2, 0.25) is 5.43 Å². The van der Waals surface area contributed by atoms with Crippen molar-refractivity contribution in [3.63, 3.8) is 0 Å². The van der Waals surface area contributed by atoms with Crippen molar-refractivity contribution in [1.82, 2.24) is 19.4 Å². The predicted molar refractivity (Wildman–Crippen MR) is 197 cm³/mol. The van der Waals surface area contributed by atoms with Crippen LogP contribution >= 0.6 is 0 Å². The number of rotatable bonds is 10. The van der Waals surface area contributed by atoms with Crippen LogP contribution in [0.3, 0.4) is 0 Å². The third-order valence-electron chi connectivity index (χ3n) is 9.41. The van der Waals surface area contributed by atoms with Crippen LogP contribution in [0.5, 0.6) is 17.2 Å². The number of carbonyl (C=O) groups excluding carboxylic acids is 1. The molecule has 3 aromatic heterocycles. The molecular formula is C41H34FN5O4. The van der Waals surface area contributed by atoms with Crippen molar-refractivity contribution >= 4 is 33.4 Å². The van der Waals surface area contributed by atoms with Gasteiger partial charge in [-0.05, 0) is 71.6 Å². The van der Waals surface area contributed by atoms with Crippen molar-refractivity contribution in [1.29, 1.82) is 0 Å². The summed E-state index contributed by atoms with van der Waals surface area (Å²) in [6, 6.07) is 28.3. The predicted octanol–water partition coefficient (Wildman–Crippen LogP) is 7.76. The Bertz CT molecular complexity index is 2490. The summed E-state index contributed by atoms with van der Waals surface area (Å²) in [6.07, 6.45) is 6.29. The molecule has 4 heterocycles. The highest BCUT2D eigenvalue weighted by Crippen LogP contribution is 2.46. The molecule has 10 heteroatoms. The minimum Gasteiger partial charge on any atom is -0.497 e. The van der Waals surface area contributed by atoms with Crippen molar-refractivity contribution in [2.24, 2.45) is 0 Å². The highest BCUT2D eigenvalue weighted by atomic mass is 19.1. The standard InChI is InChI=1S/C41H34FN5O4/c1-46(19-16-28-10-6-7-17-43-28)41(49)32-24-47-35-20-26(25-8-4-3-5-9-25)11-14-36(35)51-40-37(33(42)22-31(38(40)47)39(32)48)44-18-15-27-23-45-34-13-12-29(50-2)21-30(27)34/h3-14,17,20-24,44-45H,15-16,18-19H2,1-2H3. The number of hydrogen-bond donors (Lipinski definition) is 2. The molecule has 9 nitrogen and oxygen atoms in total. The van der Waals surface area contributed by atoms with Gasteiger partial charge < -0.3 is 29.2 Å². The van der Waals surface area contributed by atoms with Crippen molar-refractivity contribution in [3.8, 4) is 34.1 Å². The Morgan fingerprint density at radius 1 is 0.980 bits per heavy atom. The summed E-state index contributed by atoms with van der Waals surface area (Å²) in [6.45, 7) is 0.724. The van der Waals surface area contributed by atoms with E-state index in [0.717, 1.165) is 39.0 Å². The van der Waals surface area contributed by atoms with Crippen LogP contribution in [0.1, 0.15) is 21.6 Å². The number of amides is 1. The van der Waals surface area contributed by atoms with Crippen LogP contribution < -0.4 is 20.2 Å². The van der Waals surface area contributed by atoms with Crippen LogP contribution in [0.4, 0.5) is 10.1 Å². The SMILES string of the molecule is COc1ccc2[nH]cc(CCNc3c(F)cc4c(=O)c(C(=O)N(C)CCc5ccccn5)cn5c4c3Oc3ccc(-c4ccccc4)cc3-5)c2c1. The first-order chi connectivity index (χ1) is 24.9. The monoisotopic (exact) mass is 679 g/mol. The number of halogens is 1. The highest BCUT2D eigenvalue weighted by Gasteiger charge is 2.29. The number of benzene rings is 4. The first-order valence-electron chi connectivity index (χ1n) is 16.7. The molecule has 1 aliphatic rings. The van der Waals surface area contributed by atoms with Gasteiger partial charge >= 0.3 is 0 Å². The summed E-state index contributed by atoms with van der Waals surface area (Å²) in [5.41, 5.74) is 5.27. The van der Waals surface area contributed by atoms with E-state index in [1.54, 1.807) is 31.1 Å². The Hall–Kier alpha value is -6.42. The zero-order valence-electron chi connectivity index (χ0n) is 28.1. The second-order valence-electron chi connectivity index (χ2n) is 12.6. The van der Waals surface area contributed by atoms with Gasteiger partial charge in [0.15, 0.2) is 17.3 Å². The van der Waals surface area contributed by atoms with Gasteiger partial charge in [-0.25, -0.2) is 4.39 Å². The number of methoxy groups -OCH3 is 1. The largest absolute Gasteiger partial charge is 0.497 e. The van der Waals surface area contributed by atoms with Gasteiger partial charge in [0, 0.05) is 61.7 Å². The van der Waals surface area contributed by atoms with Crippen LogP contribution in [0, 0.1) is 5.82 Å². The molecule has 0 fully saturated rings. The number of ether oxygens (including phenoxy) is 2. The number of nitrogens with one attached hydrogen (secondary N) is 2. The minimum atomic E-state index is -0.654. The third kappa shape index (κ3) is 5.84. The lowest BCUT2D eigenvalue weighted by atomic mass is 10.0.